The lowest BCUT2D eigenvalue weighted by Gasteiger charge is -2.21. The Balaban J connectivity index is 1.82. The first-order valence-electron chi connectivity index (χ1n) is 7.73. The number of hydrogen-bond acceptors (Lipinski definition) is 4. The number of ether oxygens (including phenoxy) is 3. The molecule has 22 heavy (non-hydrogen) atoms. The average molecular weight is 308 g/mol. The number of nitrogens with one attached hydrogen (secondary N) is 1. The Morgan fingerprint density at radius 3 is 2.91 bits per heavy atom. The fraction of sp³-hybridized carbons (Fsp3) is 0.562. The number of carbonyl (C=O) groups excluding carboxylic acids is 1. The van der Waals surface area contributed by atoms with Crippen LogP contribution >= 0.6 is 0 Å². The molecule has 1 aromatic carbocycles. The first-order valence-corrected chi connectivity index (χ1v) is 7.73. The molecule has 0 saturated carbocycles. The van der Waals surface area contributed by atoms with Crippen molar-refractivity contribution in [3.8, 4) is 11.5 Å². The lowest BCUT2D eigenvalue weighted by molar-refractivity contribution is 0.144. The number of hydrogen-bond donors (Lipinski definition) is 1. The van der Waals surface area contributed by atoms with Crippen molar-refractivity contribution in [2.45, 2.75) is 26.8 Å². The van der Waals surface area contributed by atoms with Gasteiger partial charge in [0.05, 0.1) is 0 Å². The van der Waals surface area contributed by atoms with Crippen molar-refractivity contribution < 1.29 is 19.0 Å². The van der Waals surface area contributed by atoms with Crippen LogP contribution < -0.4 is 14.8 Å². The number of benzene rings is 1. The van der Waals surface area contributed by atoms with Gasteiger partial charge >= 0.3 is 6.03 Å². The maximum absolute atomic E-state index is 12.2. The van der Waals surface area contributed by atoms with E-state index in [2.05, 4.69) is 5.32 Å². The summed E-state index contributed by atoms with van der Waals surface area (Å²) >= 11 is 0. The van der Waals surface area contributed by atoms with Crippen LogP contribution in [0.1, 0.15) is 25.8 Å². The van der Waals surface area contributed by atoms with Crippen molar-refractivity contribution in [2.75, 3.05) is 33.1 Å². The van der Waals surface area contributed by atoms with Gasteiger partial charge in [-0.2, -0.15) is 0 Å². The molecule has 122 valence electrons. The molecule has 0 unspecified atom stereocenters. The summed E-state index contributed by atoms with van der Waals surface area (Å²) in [4.78, 5) is 13.9. The Morgan fingerprint density at radius 2 is 2.14 bits per heavy atom. The van der Waals surface area contributed by atoms with Gasteiger partial charge < -0.3 is 24.4 Å². The maximum Gasteiger partial charge on any atom is 0.317 e. The van der Waals surface area contributed by atoms with Gasteiger partial charge in [0, 0.05) is 32.8 Å². The maximum atomic E-state index is 12.2. The predicted octanol–water partition coefficient (Wildman–Crippen LogP) is 2.37. The Morgan fingerprint density at radius 1 is 1.32 bits per heavy atom. The van der Waals surface area contributed by atoms with Crippen molar-refractivity contribution in [3.05, 3.63) is 23.8 Å². The summed E-state index contributed by atoms with van der Waals surface area (Å²) in [5.41, 5.74) is 1.02. The number of rotatable bonds is 8. The molecule has 6 heteroatoms. The van der Waals surface area contributed by atoms with E-state index in [0.717, 1.165) is 23.5 Å². The molecule has 2 rings (SSSR count). The molecule has 0 saturated heterocycles. The van der Waals surface area contributed by atoms with E-state index in [4.69, 9.17) is 14.2 Å². The summed E-state index contributed by atoms with van der Waals surface area (Å²) in [5, 5.41) is 2.92. The lowest BCUT2D eigenvalue weighted by Crippen LogP contribution is -2.40. The molecule has 0 bridgehead atoms. The predicted molar refractivity (Wildman–Crippen MR) is 83.2 cm³/mol. The second-order valence-electron chi connectivity index (χ2n) is 4.98. The largest absolute Gasteiger partial charge is 0.454 e. The van der Waals surface area contributed by atoms with Crippen LogP contribution in [0.2, 0.25) is 0 Å². The van der Waals surface area contributed by atoms with E-state index >= 15 is 0 Å². The summed E-state index contributed by atoms with van der Waals surface area (Å²) < 4.78 is 15.9. The van der Waals surface area contributed by atoms with Crippen molar-refractivity contribution in [2.24, 2.45) is 0 Å². The molecule has 1 aliphatic heterocycles. The molecule has 1 aromatic rings. The minimum Gasteiger partial charge on any atom is -0.454 e. The zero-order valence-corrected chi connectivity index (χ0v) is 13.3. The second kappa shape index (κ2) is 8.48. The summed E-state index contributed by atoms with van der Waals surface area (Å²) in [7, 11) is 0. The molecule has 0 fully saturated rings. The minimum atomic E-state index is -0.0586. The first-order chi connectivity index (χ1) is 10.7. The van der Waals surface area contributed by atoms with E-state index in [-0.39, 0.29) is 12.8 Å². The summed E-state index contributed by atoms with van der Waals surface area (Å²) in [6, 6.07) is 5.70. The molecule has 0 aromatic heterocycles. The molecule has 2 amide bonds. The monoisotopic (exact) mass is 308 g/mol. The van der Waals surface area contributed by atoms with Gasteiger partial charge in [0.15, 0.2) is 11.5 Å². The van der Waals surface area contributed by atoms with E-state index in [9.17, 15) is 4.79 Å². The Hall–Kier alpha value is -1.95. The van der Waals surface area contributed by atoms with Crippen LogP contribution in [-0.4, -0.2) is 44.0 Å². The fourth-order valence-corrected chi connectivity index (χ4v) is 2.21. The average Bonchev–Trinajstić information content (AvgIpc) is 2.99. The molecule has 6 nitrogen and oxygen atoms in total. The zero-order valence-electron chi connectivity index (χ0n) is 13.3. The fourth-order valence-electron chi connectivity index (χ4n) is 2.21. The highest BCUT2D eigenvalue weighted by Crippen LogP contribution is 2.32. The molecule has 1 aliphatic rings. The van der Waals surface area contributed by atoms with Crippen molar-refractivity contribution >= 4 is 6.03 Å². The second-order valence-corrected chi connectivity index (χ2v) is 4.98. The van der Waals surface area contributed by atoms with Gasteiger partial charge in [-0.25, -0.2) is 4.79 Å². The van der Waals surface area contributed by atoms with Crippen LogP contribution in [0.15, 0.2) is 18.2 Å². The molecule has 0 radical (unpaired) electrons. The third kappa shape index (κ3) is 4.53. The van der Waals surface area contributed by atoms with E-state index in [0.29, 0.717) is 32.8 Å². The van der Waals surface area contributed by atoms with Crippen LogP contribution in [0, 0.1) is 0 Å². The quantitative estimate of drug-likeness (QED) is 0.749. The molecular formula is C16H24N2O4. The molecule has 1 N–H and O–H groups in total. The van der Waals surface area contributed by atoms with Crippen LogP contribution in [0.25, 0.3) is 0 Å². The SMILES string of the molecule is CCOCCCNC(=O)N(CC)Cc1ccc2c(c1)OCO2. The van der Waals surface area contributed by atoms with Gasteiger partial charge in [-0.15, -0.1) is 0 Å². The van der Waals surface area contributed by atoms with Gasteiger partial charge in [-0.1, -0.05) is 6.07 Å². The van der Waals surface area contributed by atoms with E-state index in [1.807, 2.05) is 32.0 Å². The standard InChI is InChI=1S/C16H24N2O4/c1-3-18(16(19)17-8-5-9-20-4-2)11-13-6-7-14-15(10-13)22-12-21-14/h6-7,10H,3-5,8-9,11-12H2,1-2H3,(H,17,19). The van der Waals surface area contributed by atoms with E-state index in [1.54, 1.807) is 4.90 Å². The highest BCUT2D eigenvalue weighted by Gasteiger charge is 2.16. The Bertz CT molecular complexity index is 493. The summed E-state index contributed by atoms with van der Waals surface area (Å²) in [5.74, 6) is 1.50. The lowest BCUT2D eigenvalue weighted by atomic mass is 10.2. The van der Waals surface area contributed by atoms with Crippen molar-refractivity contribution in [1.82, 2.24) is 10.2 Å². The van der Waals surface area contributed by atoms with Crippen LogP contribution in [0.5, 0.6) is 11.5 Å². The summed E-state index contributed by atoms with van der Waals surface area (Å²) in [6.45, 7) is 7.38. The Kier molecular flexibility index (Phi) is 6.33. The summed E-state index contributed by atoms with van der Waals surface area (Å²) in [6.07, 6.45) is 0.821. The number of amides is 2. The minimum absolute atomic E-state index is 0.0586. The number of urea groups is 1. The number of nitrogens with zero attached hydrogens (tertiary/aromatic N) is 1. The smallest absolute Gasteiger partial charge is 0.317 e. The van der Waals surface area contributed by atoms with Crippen molar-refractivity contribution in [3.63, 3.8) is 0 Å². The molecular weight excluding hydrogens is 284 g/mol. The van der Waals surface area contributed by atoms with Crippen LogP contribution in [-0.2, 0) is 11.3 Å². The Labute approximate surface area is 131 Å². The molecule has 0 aliphatic carbocycles. The van der Waals surface area contributed by atoms with Gasteiger partial charge in [-0.05, 0) is 38.0 Å². The van der Waals surface area contributed by atoms with Gasteiger partial charge in [0.1, 0.15) is 0 Å². The van der Waals surface area contributed by atoms with Gasteiger partial charge in [0.2, 0.25) is 6.79 Å². The first kappa shape index (κ1) is 16.4. The topological polar surface area (TPSA) is 60.0 Å². The van der Waals surface area contributed by atoms with Gasteiger partial charge in [-0.3, -0.25) is 0 Å². The van der Waals surface area contributed by atoms with Crippen LogP contribution in [0.4, 0.5) is 4.79 Å². The van der Waals surface area contributed by atoms with Crippen molar-refractivity contribution in [1.29, 1.82) is 0 Å². The highest BCUT2D eigenvalue weighted by atomic mass is 16.7. The zero-order chi connectivity index (χ0) is 15.8. The normalized spacial score (nSPS) is 12.3. The third-order valence-corrected chi connectivity index (χ3v) is 3.43. The molecule has 0 spiro atoms. The highest BCUT2D eigenvalue weighted by molar-refractivity contribution is 5.74. The molecule has 1 heterocycles. The molecule has 0 atom stereocenters. The van der Waals surface area contributed by atoms with E-state index in [1.165, 1.54) is 0 Å². The number of carbonyl (C=O) groups is 1. The number of fused-ring (bicyclic) bond motifs is 1. The van der Waals surface area contributed by atoms with Crippen LogP contribution in [0.3, 0.4) is 0 Å². The van der Waals surface area contributed by atoms with E-state index < -0.39 is 0 Å². The third-order valence-electron chi connectivity index (χ3n) is 3.43. The van der Waals surface area contributed by atoms with Gasteiger partial charge in [0.25, 0.3) is 0 Å².